The molecule has 0 unspecified atom stereocenters. The van der Waals surface area contributed by atoms with Crippen molar-refractivity contribution in [1.29, 1.82) is 0 Å². The zero-order valence-corrected chi connectivity index (χ0v) is 9.86. The monoisotopic (exact) mass is 307 g/mol. The van der Waals surface area contributed by atoms with E-state index in [2.05, 4.69) is 31.4 Å². The van der Waals surface area contributed by atoms with Gasteiger partial charge < -0.3 is 5.32 Å². The van der Waals surface area contributed by atoms with E-state index < -0.39 is 5.51 Å². The molecule has 3 nitrogen and oxygen atoms in total. The first kappa shape index (κ1) is 12.1. The Morgan fingerprint density at radius 1 is 1.43 bits per heavy atom. The number of rotatable bonds is 4. The van der Waals surface area contributed by atoms with E-state index in [0.717, 1.165) is 0 Å². The van der Waals surface area contributed by atoms with Gasteiger partial charge in [-0.3, -0.25) is 0 Å². The van der Waals surface area contributed by atoms with Crippen LogP contribution in [0.2, 0.25) is 0 Å². The maximum atomic E-state index is 11.7. The van der Waals surface area contributed by atoms with Gasteiger partial charge in [-0.05, 0) is 27.7 Å². The van der Waals surface area contributed by atoms with Gasteiger partial charge in [0.1, 0.15) is 0 Å². The van der Waals surface area contributed by atoms with Gasteiger partial charge in [-0.15, -0.1) is 10.2 Å². The summed E-state index contributed by atoms with van der Waals surface area (Å²) >= 11 is 4.27. The fourth-order valence-corrected chi connectivity index (χ4v) is 2.07. The number of hydrogen-bond acceptors (Lipinski definition) is 5. The number of aromatic nitrogens is 2. The molecular weight excluding hydrogens is 303 g/mol. The summed E-state index contributed by atoms with van der Waals surface area (Å²) < 4.78 is 35.7. The van der Waals surface area contributed by atoms with E-state index in [1.807, 2.05) is 0 Å². The largest absolute Gasteiger partial charge is 0.441 e. The molecule has 1 N–H and O–H groups in total. The van der Waals surface area contributed by atoms with Gasteiger partial charge in [-0.2, -0.15) is 13.2 Å². The van der Waals surface area contributed by atoms with Gasteiger partial charge in [0.15, 0.2) is 3.92 Å². The summed E-state index contributed by atoms with van der Waals surface area (Å²) in [5.41, 5.74) is -4.16. The molecule has 0 spiro atoms. The maximum absolute atomic E-state index is 11.7. The van der Waals surface area contributed by atoms with Gasteiger partial charge in [-0.25, -0.2) is 0 Å². The van der Waals surface area contributed by atoms with E-state index in [1.165, 1.54) is 11.3 Å². The summed E-state index contributed by atoms with van der Waals surface area (Å²) in [7, 11) is 0. The van der Waals surface area contributed by atoms with Gasteiger partial charge in [0.05, 0.1) is 0 Å². The summed E-state index contributed by atoms with van der Waals surface area (Å²) in [4.78, 5) is 0. The molecule has 0 atom stereocenters. The molecule has 0 bridgehead atoms. The first-order valence-electron chi connectivity index (χ1n) is 3.41. The first-order chi connectivity index (χ1) is 6.47. The van der Waals surface area contributed by atoms with Gasteiger partial charge in [0.25, 0.3) is 0 Å². The van der Waals surface area contributed by atoms with Gasteiger partial charge in [-0.1, -0.05) is 11.3 Å². The van der Waals surface area contributed by atoms with E-state index in [0.29, 0.717) is 9.05 Å². The number of anilines is 1. The van der Waals surface area contributed by atoms with Crippen LogP contribution in [0.25, 0.3) is 0 Å². The Balaban J connectivity index is 2.16. The number of halogens is 4. The third kappa shape index (κ3) is 5.01. The minimum Gasteiger partial charge on any atom is -0.359 e. The summed E-state index contributed by atoms with van der Waals surface area (Å²) in [6.45, 7) is 0.214. The number of nitrogens with zero attached hydrogens (tertiary/aromatic N) is 2. The highest BCUT2D eigenvalue weighted by atomic mass is 79.9. The van der Waals surface area contributed by atoms with Crippen molar-refractivity contribution in [2.24, 2.45) is 0 Å². The normalized spacial score (nSPS) is 11.7. The van der Waals surface area contributed by atoms with Crippen LogP contribution in [0.5, 0.6) is 0 Å². The minimum absolute atomic E-state index is 0.0410. The topological polar surface area (TPSA) is 37.8 Å². The Kier molecular flexibility index (Phi) is 4.45. The minimum atomic E-state index is -4.16. The Hall–Kier alpha value is -0.0200. The van der Waals surface area contributed by atoms with Gasteiger partial charge >= 0.3 is 5.51 Å². The van der Waals surface area contributed by atoms with E-state index in [4.69, 9.17) is 0 Å². The summed E-state index contributed by atoms with van der Waals surface area (Å²) in [6.07, 6.45) is 0. The van der Waals surface area contributed by atoms with Gasteiger partial charge in [0, 0.05) is 12.3 Å². The fourth-order valence-electron chi connectivity index (χ4n) is 0.601. The lowest BCUT2D eigenvalue weighted by Gasteiger charge is -2.04. The van der Waals surface area contributed by atoms with Crippen LogP contribution in [0, 0.1) is 0 Å². The fraction of sp³-hybridized carbons (Fsp3) is 0.600. The van der Waals surface area contributed by atoms with Crippen molar-refractivity contribution in [3.8, 4) is 0 Å². The molecule has 80 valence electrons. The molecule has 0 aromatic carbocycles. The summed E-state index contributed by atoms with van der Waals surface area (Å²) in [6, 6.07) is 0. The summed E-state index contributed by atoms with van der Waals surface area (Å²) in [5, 5.41) is 10.6. The molecule has 0 saturated heterocycles. The Labute approximate surface area is 94.6 Å². The zero-order chi connectivity index (χ0) is 10.6. The van der Waals surface area contributed by atoms with E-state index in [9.17, 15) is 13.2 Å². The Bertz CT molecular complexity index is 290. The van der Waals surface area contributed by atoms with Crippen LogP contribution in [0.15, 0.2) is 3.92 Å². The van der Waals surface area contributed by atoms with Crippen molar-refractivity contribution in [1.82, 2.24) is 10.2 Å². The zero-order valence-electron chi connectivity index (χ0n) is 6.64. The highest BCUT2D eigenvalue weighted by Crippen LogP contribution is 2.29. The quantitative estimate of drug-likeness (QED) is 0.868. The second-order valence-corrected chi connectivity index (χ2v) is 5.49. The number of thioether (sulfide) groups is 1. The predicted octanol–water partition coefficient (Wildman–Crippen LogP) is 2.97. The third-order valence-corrected chi connectivity index (χ3v) is 3.09. The molecular formula is C5H5BrF3N3S2. The number of alkyl halides is 3. The Morgan fingerprint density at radius 3 is 2.64 bits per heavy atom. The average molecular weight is 308 g/mol. The maximum Gasteiger partial charge on any atom is 0.441 e. The highest BCUT2D eigenvalue weighted by Gasteiger charge is 2.27. The molecule has 0 radical (unpaired) electrons. The van der Waals surface area contributed by atoms with Crippen LogP contribution in [0.3, 0.4) is 0 Å². The average Bonchev–Trinajstić information content (AvgIpc) is 2.44. The van der Waals surface area contributed by atoms with Crippen LogP contribution >= 0.6 is 39.0 Å². The molecule has 0 amide bonds. The van der Waals surface area contributed by atoms with Gasteiger partial charge in [0.2, 0.25) is 5.13 Å². The second-order valence-electron chi connectivity index (χ2n) is 2.08. The summed E-state index contributed by atoms with van der Waals surface area (Å²) in [5.74, 6) is -0.0410. The van der Waals surface area contributed by atoms with Crippen molar-refractivity contribution < 1.29 is 13.2 Å². The van der Waals surface area contributed by atoms with E-state index in [-0.39, 0.29) is 24.1 Å². The third-order valence-electron chi connectivity index (χ3n) is 1.04. The first-order valence-corrected chi connectivity index (χ1v) is 6.00. The molecule has 0 aliphatic rings. The lowest BCUT2D eigenvalue weighted by Crippen LogP contribution is -2.09. The van der Waals surface area contributed by atoms with E-state index >= 15 is 0 Å². The molecule has 1 aromatic rings. The molecule has 1 heterocycles. The van der Waals surface area contributed by atoms with E-state index in [1.54, 1.807) is 0 Å². The highest BCUT2D eigenvalue weighted by molar-refractivity contribution is 9.11. The molecule has 9 heteroatoms. The lowest BCUT2D eigenvalue weighted by atomic mass is 10.7. The molecule has 0 aliphatic heterocycles. The van der Waals surface area contributed by atoms with Crippen LogP contribution < -0.4 is 5.32 Å². The standard InChI is InChI=1S/C5H5BrF3N3S2/c6-3-11-12-4(14-3)10-1-2-13-5(7,8)9/h1-2H2,(H,10,12). The van der Waals surface area contributed by atoms with Crippen LogP contribution in [0.1, 0.15) is 0 Å². The Morgan fingerprint density at radius 2 is 2.14 bits per heavy atom. The molecule has 1 aromatic heterocycles. The van der Waals surface area contributed by atoms with Crippen LogP contribution in [-0.4, -0.2) is 28.0 Å². The SMILES string of the molecule is FC(F)(F)SCCNc1nnc(Br)s1. The molecule has 0 saturated carbocycles. The predicted molar refractivity (Wildman–Crippen MR) is 54.6 cm³/mol. The molecule has 14 heavy (non-hydrogen) atoms. The molecule has 0 fully saturated rings. The van der Waals surface area contributed by atoms with Crippen LogP contribution in [0.4, 0.5) is 18.3 Å². The molecule has 1 rings (SSSR count). The second kappa shape index (κ2) is 5.17. The van der Waals surface area contributed by atoms with Crippen LogP contribution in [-0.2, 0) is 0 Å². The molecule has 0 aliphatic carbocycles. The number of nitrogens with one attached hydrogen (secondary N) is 1. The van der Waals surface area contributed by atoms with Crippen molar-refractivity contribution in [2.45, 2.75) is 5.51 Å². The van der Waals surface area contributed by atoms with Crippen molar-refractivity contribution in [2.75, 3.05) is 17.6 Å². The van der Waals surface area contributed by atoms with Crippen molar-refractivity contribution in [3.05, 3.63) is 3.92 Å². The smallest absolute Gasteiger partial charge is 0.359 e. The van der Waals surface area contributed by atoms with Crippen molar-refractivity contribution in [3.63, 3.8) is 0 Å². The van der Waals surface area contributed by atoms with Crippen molar-refractivity contribution >= 4 is 44.2 Å². The lowest BCUT2D eigenvalue weighted by molar-refractivity contribution is -0.0327. The number of hydrogen-bond donors (Lipinski definition) is 1.